The summed E-state index contributed by atoms with van der Waals surface area (Å²) in [6, 6.07) is 6.30. The monoisotopic (exact) mass is 410 g/mol. The summed E-state index contributed by atoms with van der Waals surface area (Å²) >= 11 is -1.71. The average molecular weight is 411 g/mol. The van der Waals surface area contributed by atoms with E-state index in [4.69, 9.17) is 9.29 Å². The van der Waals surface area contributed by atoms with Gasteiger partial charge in [-0.3, -0.25) is 4.18 Å². The Morgan fingerprint density at radius 1 is 0.821 bits per heavy atom. The molecule has 160 valence electrons. The van der Waals surface area contributed by atoms with Gasteiger partial charge in [0.1, 0.15) is 0 Å². The van der Waals surface area contributed by atoms with Crippen LogP contribution in [-0.2, 0) is 15.3 Å². The summed E-state index contributed by atoms with van der Waals surface area (Å²) in [6.45, 7) is 2.66. The molecule has 0 saturated heterocycles. The highest BCUT2D eigenvalue weighted by Crippen LogP contribution is 2.16. The molecule has 0 radical (unpaired) electrons. The summed E-state index contributed by atoms with van der Waals surface area (Å²) < 4.78 is 17.5. The first kappa shape index (κ1) is 24.8. The van der Waals surface area contributed by atoms with Crippen LogP contribution < -0.4 is 0 Å². The lowest BCUT2D eigenvalue weighted by atomic mass is 10.0. The number of hydrogen-bond donors (Lipinski definition) is 1. The Kier molecular flexibility index (Phi) is 14.8. The summed E-state index contributed by atoms with van der Waals surface area (Å²) in [6.07, 6.45) is 18.0. The normalized spacial score (nSPS) is 12.2. The molecule has 0 aliphatic heterocycles. The van der Waals surface area contributed by atoms with Crippen molar-refractivity contribution in [1.82, 2.24) is 0 Å². The van der Waals surface area contributed by atoms with Gasteiger partial charge in [-0.05, 0) is 18.6 Å². The molecular formula is C23H38O4S. The fourth-order valence-corrected chi connectivity index (χ4v) is 4.20. The number of unbranched alkanes of at least 4 members (excludes halogenated alkanes) is 13. The van der Waals surface area contributed by atoms with E-state index in [0.29, 0.717) is 6.61 Å². The minimum absolute atomic E-state index is 0.0433. The Bertz CT molecular complexity index is 559. The minimum Gasteiger partial charge on any atom is -0.478 e. The van der Waals surface area contributed by atoms with Crippen molar-refractivity contribution in [3.8, 4) is 0 Å². The third-order valence-electron chi connectivity index (χ3n) is 4.99. The summed E-state index contributed by atoms with van der Waals surface area (Å²) in [5.41, 5.74) is 0.0433. The zero-order valence-electron chi connectivity index (χ0n) is 17.5. The highest BCUT2D eigenvalue weighted by molar-refractivity contribution is 7.80. The minimum atomic E-state index is -1.71. The Balaban J connectivity index is 1.94. The Labute approximate surface area is 173 Å². The van der Waals surface area contributed by atoms with E-state index in [0.717, 1.165) is 12.8 Å². The first-order valence-electron chi connectivity index (χ1n) is 11.0. The number of benzene rings is 1. The molecule has 0 heterocycles. The lowest BCUT2D eigenvalue weighted by Gasteiger charge is -2.06. The second-order valence-electron chi connectivity index (χ2n) is 7.45. The van der Waals surface area contributed by atoms with Crippen LogP contribution in [0.3, 0.4) is 0 Å². The van der Waals surface area contributed by atoms with Crippen LogP contribution in [0, 0.1) is 0 Å². The van der Waals surface area contributed by atoms with Crippen LogP contribution in [0.25, 0.3) is 0 Å². The van der Waals surface area contributed by atoms with Crippen molar-refractivity contribution in [3.63, 3.8) is 0 Å². The summed E-state index contributed by atoms with van der Waals surface area (Å²) in [5.74, 6) is -1.08. The lowest BCUT2D eigenvalue weighted by molar-refractivity contribution is 0.0692. The molecule has 0 spiro atoms. The number of carboxylic acids is 1. The Morgan fingerprint density at radius 3 is 1.79 bits per heavy atom. The van der Waals surface area contributed by atoms with Gasteiger partial charge in [0.25, 0.3) is 0 Å². The molecule has 0 amide bonds. The smallest absolute Gasteiger partial charge is 0.337 e. The first-order chi connectivity index (χ1) is 13.7. The molecule has 1 rings (SSSR count). The largest absolute Gasteiger partial charge is 0.478 e. The van der Waals surface area contributed by atoms with Crippen molar-refractivity contribution >= 4 is 17.0 Å². The van der Waals surface area contributed by atoms with E-state index in [1.165, 1.54) is 83.1 Å². The molecule has 0 bridgehead atoms. The van der Waals surface area contributed by atoms with Crippen LogP contribution in [0.2, 0.25) is 0 Å². The van der Waals surface area contributed by atoms with Crippen LogP contribution in [-0.4, -0.2) is 21.9 Å². The average Bonchev–Trinajstić information content (AvgIpc) is 2.70. The zero-order chi connectivity index (χ0) is 20.5. The molecule has 0 aliphatic carbocycles. The van der Waals surface area contributed by atoms with Gasteiger partial charge >= 0.3 is 5.97 Å². The second-order valence-corrected chi connectivity index (χ2v) is 8.60. The van der Waals surface area contributed by atoms with Crippen molar-refractivity contribution in [2.24, 2.45) is 0 Å². The maximum Gasteiger partial charge on any atom is 0.337 e. The SMILES string of the molecule is CCCCCCCCCCCCCCCCO[S@](=O)c1ccccc1C(=O)O. The first-order valence-corrected chi connectivity index (χ1v) is 12.1. The topological polar surface area (TPSA) is 63.6 Å². The van der Waals surface area contributed by atoms with E-state index in [9.17, 15) is 9.00 Å². The van der Waals surface area contributed by atoms with E-state index < -0.39 is 17.0 Å². The van der Waals surface area contributed by atoms with Gasteiger partial charge in [-0.15, -0.1) is 0 Å². The van der Waals surface area contributed by atoms with E-state index in [-0.39, 0.29) is 10.5 Å². The molecule has 1 atom stereocenters. The summed E-state index contributed by atoms with van der Waals surface area (Å²) in [4.78, 5) is 11.4. The van der Waals surface area contributed by atoms with Crippen LogP contribution in [0.5, 0.6) is 0 Å². The fraction of sp³-hybridized carbons (Fsp3) is 0.696. The molecule has 0 aromatic heterocycles. The molecule has 5 heteroatoms. The highest BCUT2D eigenvalue weighted by atomic mass is 32.2. The zero-order valence-corrected chi connectivity index (χ0v) is 18.3. The predicted octanol–water partition coefficient (Wildman–Crippen LogP) is 6.91. The number of aromatic carboxylic acids is 1. The van der Waals surface area contributed by atoms with Crippen LogP contribution in [0.4, 0.5) is 0 Å². The van der Waals surface area contributed by atoms with Gasteiger partial charge in [-0.1, -0.05) is 103 Å². The molecule has 0 saturated carbocycles. The molecule has 1 N–H and O–H groups in total. The number of hydrogen-bond acceptors (Lipinski definition) is 3. The predicted molar refractivity (Wildman–Crippen MR) is 116 cm³/mol. The van der Waals surface area contributed by atoms with Gasteiger partial charge in [-0.25, -0.2) is 9.00 Å². The van der Waals surface area contributed by atoms with Gasteiger partial charge < -0.3 is 5.11 Å². The van der Waals surface area contributed by atoms with Gasteiger partial charge in [-0.2, -0.15) is 0 Å². The van der Waals surface area contributed by atoms with E-state index in [2.05, 4.69) is 6.92 Å². The number of carbonyl (C=O) groups is 1. The van der Waals surface area contributed by atoms with E-state index >= 15 is 0 Å². The van der Waals surface area contributed by atoms with Gasteiger partial charge in [0.05, 0.1) is 17.1 Å². The molecule has 1 aromatic carbocycles. The third kappa shape index (κ3) is 11.6. The standard InChI is InChI=1S/C23H38O4S/c1-2-3-4-5-6-7-8-9-10-11-12-13-14-17-20-27-28(26)22-19-16-15-18-21(22)23(24)25/h15-16,18-19H,2-14,17,20H2,1H3,(H,24,25)/t28-/m0/s1. The number of rotatable bonds is 18. The number of carboxylic acid groups (broad SMARTS) is 1. The van der Waals surface area contributed by atoms with Crippen molar-refractivity contribution in [1.29, 1.82) is 0 Å². The molecular weight excluding hydrogens is 372 g/mol. The Morgan fingerprint density at radius 2 is 1.29 bits per heavy atom. The molecule has 1 aromatic rings. The van der Waals surface area contributed by atoms with Crippen molar-refractivity contribution in [2.75, 3.05) is 6.61 Å². The van der Waals surface area contributed by atoms with Crippen LogP contribution >= 0.6 is 0 Å². The fourth-order valence-electron chi connectivity index (χ4n) is 3.28. The molecule has 0 aliphatic rings. The van der Waals surface area contributed by atoms with Crippen LogP contribution in [0.1, 0.15) is 107 Å². The molecule has 0 unspecified atom stereocenters. The van der Waals surface area contributed by atoms with Crippen molar-refractivity contribution in [3.05, 3.63) is 29.8 Å². The molecule has 4 nitrogen and oxygen atoms in total. The quantitative estimate of drug-likeness (QED) is 0.267. The molecule has 0 fully saturated rings. The maximum absolute atomic E-state index is 12.1. The second kappa shape index (κ2) is 16.7. The van der Waals surface area contributed by atoms with Crippen molar-refractivity contribution in [2.45, 2.75) is 102 Å². The highest BCUT2D eigenvalue weighted by Gasteiger charge is 2.15. The summed E-state index contributed by atoms with van der Waals surface area (Å²) in [5, 5.41) is 9.13. The Hall–Kier alpha value is -1.20. The summed E-state index contributed by atoms with van der Waals surface area (Å²) in [7, 11) is 0. The molecule has 28 heavy (non-hydrogen) atoms. The van der Waals surface area contributed by atoms with Gasteiger partial charge in [0.15, 0.2) is 11.1 Å². The third-order valence-corrected chi connectivity index (χ3v) is 6.08. The lowest BCUT2D eigenvalue weighted by Crippen LogP contribution is -2.07. The van der Waals surface area contributed by atoms with E-state index in [1.54, 1.807) is 18.2 Å². The van der Waals surface area contributed by atoms with Crippen LogP contribution in [0.15, 0.2) is 29.2 Å². The van der Waals surface area contributed by atoms with Crippen molar-refractivity contribution < 1.29 is 18.3 Å². The van der Waals surface area contributed by atoms with E-state index in [1.807, 2.05) is 0 Å². The van der Waals surface area contributed by atoms with Gasteiger partial charge in [0, 0.05) is 0 Å². The van der Waals surface area contributed by atoms with Gasteiger partial charge in [0.2, 0.25) is 0 Å². The maximum atomic E-state index is 12.1.